The molecular formula is C17H20N2O3. The Morgan fingerprint density at radius 3 is 2.09 bits per heavy atom. The summed E-state index contributed by atoms with van der Waals surface area (Å²) in [6.45, 7) is 0.515. The lowest BCUT2D eigenvalue weighted by molar-refractivity contribution is -0.116. The van der Waals surface area contributed by atoms with Crippen molar-refractivity contribution in [1.29, 1.82) is 0 Å². The van der Waals surface area contributed by atoms with Crippen molar-refractivity contribution in [3.8, 4) is 11.5 Å². The van der Waals surface area contributed by atoms with Gasteiger partial charge < -0.3 is 20.1 Å². The highest BCUT2D eigenvalue weighted by atomic mass is 16.5. The summed E-state index contributed by atoms with van der Waals surface area (Å²) >= 11 is 0. The van der Waals surface area contributed by atoms with E-state index in [9.17, 15) is 4.79 Å². The number of methoxy groups -OCH3 is 2. The second kappa shape index (κ2) is 7.93. The predicted octanol–water partition coefficient (Wildman–Crippen LogP) is 3.14. The minimum atomic E-state index is -0.0769. The van der Waals surface area contributed by atoms with E-state index in [4.69, 9.17) is 9.47 Å². The van der Waals surface area contributed by atoms with Crippen LogP contribution in [0.4, 0.5) is 11.4 Å². The Bertz CT molecular complexity index is 629. The topological polar surface area (TPSA) is 59.6 Å². The molecule has 0 bridgehead atoms. The maximum Gasteiger partial charge on any atom is 0.226 e. The van der Waals surface area contributed by atoms with E-state index < -0.39 is 0 Å². The first-order chi connectivity index (χ1) is 10.7. The molecule has 2 aromatic rings. The zero-order chi connectivity index (χ0) is 15.8. The number of hydrogen-bond donors (Lipinski definition) is 2. The van der Waals surface area contributed by atoms with Crippen LogP contribution in [0.15, 0.2) is 48.5 Å². The number of anilines is 2. The highest BCUT2D eigenvalue weighted by Crippen LogP contribution is 2.24. The van der Waals surface area contributed by atoms with Gasteiger partial charge in [0.25, 0.3) is 0 Å². The summed E-state index contributed by atoms with van der Waals surface area (Å²) in [6, 6.07) is 14.9. The first-order valence-corrected chi connectivity index (χ1v) is 7.04. The zero-order valence-corrected chi connectivity index (χ0v) is 12.8. The second-order valence-corrected chi connectivity index (χ2v) is 4.63. The van der Waals surface area contributed by atoms with E-state index in [2.05, 4.69) is 10.6 Å². The smallest absolute Gasteiger partial charge is 0.226 e. The summed E-state index contributed by atoms with van der Waals surface area (Å²) in [4.78, 5) is 12.0. The number of rotatable bonds is 7. The standard InChI is InChI=1S/C17H20N2O3/c1-21-15-9-5-3-7-13(15)18-12-11-17(20)19-14-8-4-6-10-16(14)22-2/h3-10,18H,11-12H2,1-2H3,(H,19,20). The van der Waals surface area contributed by atoms with E-state index in [0.29, 0.717) is 24.4 Å². The molecule has 2 N–H and O–H groups in total. The number of nitrogens with one attached hydrogen (secondary N) is 2. The summed E-state index contributed by atoms with van der Waals surface area (Å²) in [7, 11) is 3.20. The van der Waals surface area contributed by atoms with Crippen LogP contribution < -0.4 is 20.1 Å². The molecule has 0 aromatic heterocycles. The molecule has 116 valence electrons. The first-order valence-electron chi connectivity index (χ1n) is 7.04. The van der Waals surface area contributed by atoms with E-state index in [-0.39, 0.29) is 5.91 Å². The Morgan fingerprint density at radius 1 is 0.909 bits per heavy atom. The second-order valence-electron chi connectivity index (χ2n) is 4.63. The van der Waals surface area contributed by atoms with Crippen molar-refractivity contribution < 1.29 is 14.3 Å². The monoisotopic (exact) mass is 300 g/mol. The molecule has 2 rings (SSSR count). The third kappa shape index (κ3) is 4.15. The van der Waals surface area contributed by atoms with Crippen LogP contribution in [0.25, 0.3) is 0 Å². The fourth-order valence-electron chi connectivity index (χ4n) is 2.06. The molecule has 0 fully saturated rings. The molecule has 2 aromatic carbocycles. The molecule has 0 aliphatic rings. The van der Waals surface area contributed by atoms with E-state index in [1.54, 1.807) is 14.2 Å². The number of carbonyl (C=O) groups excluding carboxylic acids is 1. The zero-order valence-electron chi connectivity index (χ0n) is 12.8. The molecule has 1 amide bonds. The van der Waals surface area contributed by atoms with Crippen molar-refractivity contribution in [3.05, 3.63) is 48.5 Å². The van der Waals surface area contributed by atoms with Crippen LogP contribution >= 0.6 is 0 Å². The quantitative estimate of drug-likeness (QED) is 0.824. The SMILES string of the molecule is COc1ccccc1NCCC(=O)Nc1ccccc1OC. The highest BCUT2D eigenvalue weighted by Gasteiger charge is 2.07. The van der Waals surface area contributed by atoms with Gasteiger partial charge in [0, 0.05) is 13.0 Å². The van der Waals surface area contributed by atoms with Gasteiger partial charge in [-0.15, -0.1) is 0 Å². The molecule has 0 saturated heterocycles. The van der Waals surface area contributed by atoms with Crippen molar-refractivity contribution in [1.82, 2.24) is 0 Å². The third-order valence-electron chi connectivity index (χ3n) is 3.16. The number of benzene rings is 2. The molecule has 0 aliphatic heterocycles. The van der Waals surface area contributed by atoms with Gasteiger partial charge in [-0.1, -0.05) is 24.3 Å². The molecule has 0 saturated carbocycles. The Hall–Kier alpha value is -2.69. The summed E-state index contributed by atoms with van der Waals surface area (Å²) in [5.41, 5.74) is 1.54. The Labute approximate surface area is 130 Å². The molecule has 0 atom stereocenters. The number of para-hydroxylation sites is 4. The molecule has 5 heteroatoms. The van der Waals surface area contributed by atoms with Gasteiger partial charge in [0.1, 0.15) is 11.5 Å². The van der Waals surface area contributed by atoms with Gasteiger partial charge in [-0.2, -0.15) is 0 Å². The average Bonchev–Trinajstić information content (AvgIpc) is 2.55. The van der Waals surface area contributed by atoms with Crippen LogP contribution in [-0.2, 0) is 4.79 Å². The van der Waals surface area contributed by atoms with Gasteiger partial charge in [-0.25, -0.2) is 0 Å². The van der Waals surface area contributed by atoms with E-state index in [1.807, 2.05) is 48.5 Å². The van der Waals surface area contributed by atoms with Gasteiger partial charge in [-0.05, 0) is 24.3 Å². The summed E-state index contributed by atoms with van der Waals surface area (Å²) in [5.74, 6) is 1.33. The summed E-state index contributed by atoms with van der Waals surface area (Å²) < 4.78 is 10.5. The molecule has 0 radical (unpaired) electrons. The summed E-state index contributed by atoms with van der Waals surface area (Å²) in [6.07, 6.45) is 0.343. The van der Waals surface area contributed by atoms with Crippen LogP contribution in [0.5, 0.6) is 11.5 Å². The number of amides is 1. The van der Waals surface area contributed by atoms with Gasteiger partial charge in [0.05, 0.1) is 25.6 Å². The van der Waals surface area contributed by atoms with Crippen LogP contribution in [-0.4, -0.2) is 26.7 Å². The van der Waals surface area contributed by atoms with Gasteiger partial charge >= 0.3 is 0 Å². The van der Waals surface area contributed by atoms with Crippen LogP contribution in [0, 0.1) is 0 Å². The van der Waals surface area contributed by atoms with Gasteiger partial charge in [0.2, 0.25) is 5.91 Å². The molecule has 0 unspecified atom stereocenters. The molecule has 0 aliphatic carbocycles. The fraction of sp³-hybridized carbons (Fsp3) is 0.235. The molecule has 0 spiro atoms. The maximum atomic E-state index is 12.0. The maximum absolute atomic E-state index is 12.0. The highest BCUT2D eigenvalue weighted by molar-refractivity contribution is 5.92. The van der Waals surface area contributed by atoms with Crippen molar-refractivity contribution in [2.45, 2.75) is 6.42 Å². The van der Waals surface area contributed by atoms with Crippen molar-refractivity contribution in [3.63, 3.8) is 0 Å². The average molecular weight is 300 g/mol. The van der Waals surface area contributed by atoms with Gasteiger partial charge in [0.15, 0.2) is 0 Å². The van der Waals surface area contributed by atoms with Crippen LogP contribution in [0.2, 0.25) is 0 Å². The normalized spacial score (nSPS) is 9.91. The van der Waals surface area contributed by atoms with Gasteiger partial charge in [-0.3, -0.25) is 4.79 Å². The van der Waals surface area contributed by atoms with E-state index in [1.165, 1.54) is 0 Å². The lowest BCUT2D eigenvalue weighted by Gasteiger charge is -2.12. The minimum absolute atomic E-state index is 0.0769. The largest absolute Gasteiger partial charge is 0.495 e. The molecular weight excluding hydrogens is 280 g/mol. The fourth-order valence-corrected chi connectivity index (χ4v) is 2.06. The van der Waals surface area contributed by atoms with Crippen molar-refractivity contribution in [2.24, 2.45) is 0 Å². The molecule has 22 heavy (non-hydrogen) atoms. The van der Waals surface area contributed by atoms with Crippen LogP contribution in [0.1, 0.15) is 6.42 Å². The lowest BCUT2D eigenvalue weighted by atomic mass is 10.2. The summed E-state index contributed by atoms with van der Waals surface area (Å²) in [5, 5.41) is 6.03. The third-order valence-corrected chi connectivity index (χ3v) is 3.16. The number of hydrogen-bond acceptors (Lipinski definition) is 4. The minimum Gasteiger partial charge on any atom is -0.495 e. The van der Waals surface area contributed by atoms with E-state index in [0.717, 1.165) is 11.4 Å². The van der Waals surface area contributed by atoms with E-state index >= 15 is 0 Å². The van der Waals surface area contributed by atoms with Crippen molar-refractivity contribution >= 4 is 17.3 Å². The Morgan fingerprint density at radius 2 is 1.45 bits per heavy atom. The Balaban J connectivity index is 1.85. The van der Waals surface area contributed by atoms with Crippen molar-refractivity contribution in [2.75, 3.05) is 31.4 Å². The van der Waals surface area contributed by atoms with Crippen LogP contribution in [0.3, 0.4) is 0 Å². The Kier molecular flexibility index (Phi) is 5.65. The predicted molar refractivity (Wildman–Crippen MR) is 87.7 cm³/mol. The lowest BCUT2D eigenvalue weighted by Crippen LogP contribution is -2.16. The number of ether oxygens (including phenoxy) is 2. The first kappa shape index (κ1) is 15.7. The molecule has 5 nitrogen and oxygen atoms in total. The number of carbonyl (C=O) groups is 1. The molecule has 0 heterocycles.